The maximum atomic E-state index is 14.1. The zero-order valence-corrected chi connectivity index (χ0v) is 20.5. The molecule has 0 amide bonds. The summed E-state index contributed by atoms with van der Waals surface area (Å²) in [6, 6.07) is 13.5. The van der Waals surface area contributed by atoms with E-state index in [2.05, 4.69) is 0 Å². The fourth-order valence-electron chi connectivity index (χ4n) is 4.98. The highest BCUT2D eigenvalue weighted by Crippen LogP contribution is 2.49. The molecule has 1 aliphatic carbocycles. The molecule has 202 valence electrons. The van der Waals surface area contributed by atoms with Gasteiger partial charge in [-0.05, 0) is 71.3 Å². The summed E-state index contributed by atoms with van der Waals surface area (Å²) in [5.74, 6) is -8.63. The quantitative estimate of drug-likeness (QED) is 0.133. The van der Waals surface area contributed by atoms with E-state index in [0.29, 0.717) is 11.1 Å². The van der Waals surface area contributed by atoms with Crippen LogP contribution in [0, 0.1) is 5.92 Å². The molecular weight excluding hydrogens is 520 g/mol. The average molecular weight is 542 g/mol. The van der Waals surface area contributed by atoms with Gasteiger partial charge >= 0.3 is 0 Å². The van der Waals surface area contributed by atoms with Crippen molar-refractivity contribution in [2.24, 2.45) is 5.92 Å². The number of hydrogen-bond donors (Lipinski definition) is 8. The molecule has 0 saturated carbocycles. The number of Topliss-reactive ketones (excluding diaryl/α,β-unsaturated/α-hetero) is 2. The topological polar surface area (TPSA) is 196 Å². The van der Waals surface area contributed by atoms with Crippen molar-refractivity contribution in [1.82, 2.24) is 0 Å². The summed E-state index contributed by atoms with van der Waals surface area (Å²) in [4.78, 5) is 28.1. The molecule has 0 spiro atoms. The first-order valence-electron chi connectivity index (χ1n) is 11.9. The smallest absolute Gasteiger partial charge is 0.201 e. The zero-order chi connectivity index (χ0) is 28.9. The summed E-state index contributed by atoms with van der Waals surface area (Å²) >= 11 is 0. The third-order valence-electron chi connectivity index (χ3n) is 6.91. The average Bonchev–Trinajstić information content (AvgIpc) is 2.91. The molecule has 2 atom stereocenters. The van der Waals surface area contributed by atoms with E-state index in [4.69, 9.17) is 0 Å². The molecule has 0 heterocycles. The highest BCUT2D eigenvalue weighted by Gasteiger charge is 2.42. The van der Waals surface area contributed by atoms with E-state index in [-0.39, 0.29) is 28.2 Å². The molecule has 0 aromatic heterocycles. The second kappa shape index (κ2) is 9.59. The van der Waals surface area contributed by atoms with Gasteiger partial charge in [0.15, 0.2) is 34.6 Å². The van der Waals surface area contributed by atoms with Crippen LogP contribution in [0.3, 0.4) is 0 Å². The van der Waals surface area contributed by atoms with Crippen LogP contribution in [-0.2, 0) is 0 Å². The lowest BCUT2D eigenvalue weighted by molar-refractivity contribution is 0.0893. The number of phenols is 8. The second-order valence-electron chi connectivity index (χ2n) is 9.34. The second-order valence-corrected chi connectivity index (χ2v) is 9.34. The van der Waals surface area contributed by atoms with Crippen LogP contribution in [0.4, 0.5) is 0 Å². The van der Waals surface area contributed by atoms with Gasteiger partial charge in [0.05, 0.1) is 17.0 Å². The van der Waals surface area contributed by atoms with E-state index in [9.17, 15) is 50.4 Å². The summed E-state index contributed by atoms with van der Waals surface area (Å²) in [7, 11) is 0. The van der Waals surface area contributed by atoms with Gasteiger partial charge in [0, 0.05) is 17.6 Å². The first kappa shape index (κ1) is 26.0. The lowest BCUT2D eigenvalue weighted by Gasteiger charge is -2.34. The highest BCUT2D eigenvalue weighted by molar-refractivity contribution is 6.19. The molecule has 10 heteroatoms. The van der Waals surface area contributed by atoms with E-state index in [1.807, 2.05) is 0 Å². The SMILES string of the molecule is O=C(C1=Cc2cc(O)c(O)cc2C(c2ccc(O)cc2)C1C(=O)c1ccc(O)cc1O)c1ccc(O)c(O)c1O. The predicted octanol–water partition coefficient (Wildman–Crippen LogP) is 4.24. The number of rotatable bonds is 5. The Morgan fingerprint density at radius 1 is 0.575 bits per heavy atom. The number of carbonyl (C=O) groups excluding carboxylic acids is 2. The Kier molecular flexibility index (Phi) is 6.23. The van der Waals surface area contributed by atoms with E-state index in [1.165, 1.54) is 54.6 Å². The van der Waals surface area contributed by atoms with E-state index in [1.54, 1.807) is 0 Å². The maximum Gasteiger partial charge on any atom is 0.201 e. The number of allylic oxidation sites excluding steroid dienone is 1. The molecule has 0 bridgehead atoms. The summed E-state index contributed by atoms with van der Waals surface area (Å²) < 4.78 is 0. The van der Waals surface area contributed by atoms with Crippen molar-refractivity contribution in [2.45, 2.75) is 5.92 Å². The van der Waals surface area contributed by atoms with E-state index >= 15 is 0 Å². The van der Waals surface area contributed by atoms with E-state index < -0.39 is 63.5 Å². The first-order valence-corrected chi connectivity index (χ1v) is 11.9. The van der Waals surface area contributed by atoms with Gasteiger partial charge in [-0.15, -0.1) is 0 Å². The molecule has 0 aliphatic heterocycles. The molecule has 0 fully saturated rings. The number of phenolic OH excluding ortho intramolecular Hbond substituents is 8. The number of carbonyl (C=O) groups is 2. The van der Waals surface area contributed by atoms with Crippen LogP contribution in [0.2, 0.25) is 0 Å². The third-order valence-corrected chi connectivity index (χ3v) is 6.91. The minimum Gasteiger partial charge on any atom is -0.508 e. The third kappa shape index (κ3) is 4.27. The van der Waals surface area contributed by atoms with Gasteiger partial charge in [0.2, 0.25) is 5.75 Å². The van der Waals surface area contributed by atoms with Crippen molar-refractivity contribution in [3.63, 3.8) is 0 Å². The summed E-state index contributed by atoms with van der Waals surface area (Å²) in [6.07, 6.45) is 1.29. The molecule has 4 aromatic carbocycles. The van der Waals surface area contributed by atoms with Gasteiger partial charge in [-0.25, -0.2) is 0 Å². The Labute approximate surface area is 226 Å². The lowest BCUT2D eigenvalue weighted by Crippen LogP contribution is -2.32. The molecule has 10 nitrogen and oxygen atoms in total. The Balaban J connectivity index is 1.81. The van der Waals surface area contributed by atoms with Crippen LogP contribution in [0.5, 0.6) is 46.0 Å². The van der Waals surface area contributed by atoms with Crippen molar-refractivity contribution >= 4 is 17.6 Å². The Morgan fingerprint density at radius 2 is 1.20 bits per heavy atom. The van der Waals surface area contributed by atoms with Crippen LogP contribution < -0.4 is 0 Å². The standard InChI is InChI=1S/C30H22O10/c31-15-3-1-13(2-4-15)25-19-12-24(36)23(35)10-14(19)9-20(27(37)18-7-8-21(33)30(40)29(18)39)26(25)28(38)17-6-5-16(32)11-22(17)34/h1-12,25-26,31-36,39-40H. The maximum absolute atomic E-state index is 14.1. The number of fused-ring (bicyclic) bond motifs is 1. The number of ketones is 2. The van der Waals surface area contributed by atoms with Crippen molar-refractivity contribution in [2.75, 3.05) is 0 Å². The van der Waals surface area contributed by atoms with Crippen molar-refractivity contribution < 1.29 is 50.4 Å². The van der Waals surface area contributed by atoms with Gasteiger partial charge in [-0.2, -0.15) is 0 Å². The molecule has 4 aromatic rings. The summed E-state index contributed by atoms with van der Waals surface area (Å²) in [5, 5.41) is 81.0. The van der Waals surface area contributed by atoms with Crippen LogP contribution in [0.1, 0.15) is 43.3 Å². The fourth-order valence-corrected chi connectivity index (χ4v) is 4.98. The normalized spacial score (nSPS) is 16.1. The van der Waals surface area contributed by atoms with Gasteiger partial charge in [0.25, 0.3) is 0 Å². The van der Waals surface area contributed by atoms with Crippen LogP contribution >= 0.6 is 0 Å². The molecule has 8 N–H and O–H groups in total. The van der Waals surface area contributed by atoms with Crippen molar-refractivity contribution in [1.29, 1.82) is 0 Å². The number of benzene rings is 4. The molecule has 40 heavy (non-hydrogen) atoms. The van der Waals surface area contributed by atoms with Crippen molar-refractivity contribution in [3.05, 3.63) is 100 Å². The summed E-state index contributed by atoms with van der Waals surface area (Å²) in [6.45, 7) is 0. The molecule has 1 aliphatic rings. The van der Waals surface area contributed by atoms with Crippen LogP contribution in [0.15, 0.2) is 72.3 Å². The Morgan fingerprint density at radius 3 is 1.88 bits per heavy atom. The zero-order valence-electron chi connectivity index (χ0n) is 20.5. The Bertz CT molecular complexity index is 1720. The van der Waals surface area contributed by atoms with Gasteiger partial charge < -0.3 is 40.9 Å². The molecule has 0 saturated heterocycles. The highest BCUT2D eigenvalue weighted by atomic mass is 16.3. The van der Waals surface area contributed by atoms with E-state index in [0.717, 1.165) is 18.2 Å². The molecule has 5 rings (SSSR count). The minimum absolute atomic E-state index is 0.0799. The predicted molar refractivity (Wildman–Crippen MR) is 141 cm³/mol. The number of aromatic hydroxyl groups is 8. The molecular formula is C30H22O10. The summed E-state index contributed by atoms with van der Waals surface area (Å²) in [5.41, 5.74) is 0.0928. The fraction of sp³-hybridized carbons (Fsp3) is 0.0667. The molecule has 0 radical (unpaired) electrons. The Hall–Kier alpha value is -5.64. The lowest BCUT2D eigenvalue weighted by atomic mass is 9.67. The van der Waals surface area contributed by atoms with Crippen LogP contribution in [-0.4, -0.2) is 52.4 Å². The number of hydrogen-bond acceptors (Lipinski definition) is 10. The minimum atomic E-state index is -1.42. The van der Waals surface area contributed by atoms with Crippen LogP contribution in [0.25, 0.3) is 6.08 Å². The largest absolute Gasteiger partial charge is 0.508 e. The first-order chi connectivity index (χ1) is 19.0. The van der Waals surface area contributed by atoms with Gasteiger partial charge in [0.1, 0.15) is 17.2 Å². The van der Waals surface area contributed by atoms with Crippen molar-refractivity contribution in [3.8, 4) is 46.0 Å². The molecule has 2 unspecified atom stereocenters. The van der Waals surface area contributed by atoms with Gasteiger partial charge in [-0.1, -0.05) is 12.1 Å². The monoisotopic (exact) mass is 542 g/mol. The van der Waals surface area contributed by atoms with Gasteiger partial charge in [-0.3, -0.25) is 9.59 Å².